The highest BCUT2D eigenvalue weighted by Gasteiger charge is 2.19. The van der Waals surface area contributed by atoms with Gasteiger partial charge in [0.25, 0.3) is 5.91 Å². The molecule has 2 rings (SSSR count). The van der Waals surface area contributed by atoms with Crippen molar-refractivity contribution in [2.75, 3.05) is 6.54 Å². The number of hydrogen-bond acceptors (Lipinski definition) is 5. The Morgan fingerprint density at radius 2 is 2.00 bits per heavy atom. The fourth-order valence-corrected chi connectivity index (χ4v) is 1.94. The third-order valence-electron chi connectivity index (χ3n) is 3.12. The Morgan fingerprint density at radius 1 is 1.38 bits per heavy atom. The number of nitrogens with two attached hydrogens (primary N) is 1. The molecule has 0 aliphatic rings. The van der Waals surface area contributed by atoms with Gasteiger partial charge in [-0.3, -0.25) is 4.79 Å². The lowest BCUT2D eigenvalue weighted by atomic mass is 10.1. The molecule has 0 bridgehead atoms. The molecule has 7 nitrogen and oxygen atoms in total. The molecule has 0 unspecified atom stereocenters. The van der Waals surface area contributed by atoms with Crippen LogP contribution >= 0.6 is 0 Å². The van der Waals surface area contributed by atoms with E-state index in [4.69, 9.17) is 5.73 Å². The lowest BCUT2D eigenvalue weighted by Crippen LogP contribution is -2.45. The van der Waals surface area contributed by atoms with Crippen LogP contribution in [0.15, 0.2) is 24.3 Å². The third-order valence-corrected chi connectivity index (χ3v) is 3.12. The van der Waals surface area contributed by atoms with E-state index < -0.39 is 12.2 Å². The summed E-state index contributed by atoms with van der Waals surface area (Å²) >= 11 is 0. The standard InChI is InChI=1S/C15H19F2N5O2/c1-9-12(13(23)19-8-15(2,3)18)20-21-22(9)10-4-6-11(7-5-10)24-14(16)17/h4-7,14H,8,18H2,1-3H3,(H,19,23). The monoisotopic (exact) mass is 339 g/mol. The molecule has 130 valence electrons. The average molecular weight is 339 g/mol. The van der Waals surface area contributed by atoms with Crippen LogP contribution in [0.3, 0.4) is 0 Å². The smallest absolute Gasteiger partial charge is 0.387 e. The second-order valence-corrected chi connectivity index (χ2v) is 5.98. The van der Waals surface area contributed by atoms with Crippen molar-refractivity contribution in [1.29, 1.82) is 0 Å². The van der Waals surface area contributed by atoms with E-state index in [2.05, 4.69) is 20.4 Å². The number of nitrogens with zero attached hydrogens (tertiary/aromatic N) is 3. The van der Waals surface area contributed by atoms with Crippen LogP contribution in [-0.4, -0.2) is 39.6 Å². The summed E-state index contributed by atoms with van der Waals surface area (Å²) in [5.74, 6) is -0.343. The average Bonchev–Trinajstić information content (AvgIpc) is 2.86. The largest absolute Gasteiger partial charge is 0.435 e. The number of nitrogens with one attached hydrogen (secondary N) is 1. The van der Waals surface area contributed by atoms with E-state index in [1.165, 1.54) is 16.8 Å². The van der Waals surface area contributed by atoms with Crippen molar-refractivity contribution in [3.63, 3.8) is 0 Å². The van der Waals surface area contributed by atoms with Gasteiger partial charge in [0.15, 0.2) is 5.69 Å². The van der Waals surface area contributed by atoms with Crippen molar-refractivity contribution in [2.45, 2.75) is 32.9 Å². The molecule has 0 aliphatic carbocycles. The number of hydrogen-bond donors (Lipinski definition) is 2. The van der Waals surface area contributed by atoms with Gasteiger partial charge in [0.05, 0.1) is 11.4 Å². The lowest BCUT2D eigenvalue weighted by Gasteiger charge is -2.18. The van der Waals surface area contributed by atoms with Crippen molar-refractivity contribution in [3.8, 4) is 11.4 Å². The summed E-state index contributed by atoms with van der Waals surface area (Å²) in [4.78, 5) is 12.1. The van der Waals surface area contributed by atoms with E-state index >= 15 is 0 Å². The van der Waals surface area contributed by atoms with Crippen molar-refractivity contribution in [3.05, 3.63) is 35.7 Å². The maximum Gasteiger partial charge on any atom is 0.387 e. The van der Waals surface area contributed by atoms with Crippen molar-refractivity contribution < 1.29 is 18.3 Å². The van der Waals surface area contributed by atoms with Crippen LogP contribution in [0.2, 0.25) is 0 Å². The number of alkyl halides is 2. The second-order valence-electron chi connectivity index (χ2n) is 5.98. The molecule has 24 heavy (non-hydrogen) atoms. The van der Waals surface area contributed by atoms with E-state index in [1.807, 2.05) is 0 Å². The van der Waals surface area contributed by atoms with Crippen LogP contribution in [0.1, 0.15) is 30.0 Å². The minimum Gasteiger partial charge on any atom is -0.435 e. The minimum absolute atomic E-state index is 0.0367. The number of ether oxygens (including phenoxy) is 1. The zero-order valence-corrected chi connectivity index (χ0v) is 13.6. The SMILES string of the molecule is Cc1c(C(=O)NCC(C)(C)N)nnn1-c1ccc(OC(F)F)cc1. The summed E-state index contributed by atoms with van der Waals surface area (Å²) in [5.41, 5.74) is 6.54. The Balaban J connectivity index is 2.16. The van der Waals surface area contributed by atoms with Crippen LogP contribution in [-0.2, 0) is 0 Å². The fraction of sp³-hybridized carbons (Fsp3) is 0.400. The summed E-state index contributed by atoms with van der Waals surface area (Å²) in [6.45, 7) is 2.68. The normalized spacial score (nSPS) is 11.6. The Hall–Kier alpha value is -2.55. The number of amides is 1. The molecule has 0 fully saturated rings. The minimum atomic E-state index is -2.88. The number of rotatable bonds is 6. The molecule has 1 heterocycles. The Kier molecular flexibility index (Phi) is 5.13. The van der Waals surface area contributed by atoms with Gasteiger partial charge in [-0.15, -0.1) is 5.10 Å². The van der Waals surface area contributed by atoms with Crippen LogP contribution < -0.4 is 15.8 Å². The first-order valence-electron chi connectivity index (χ1n) is 7.22. The molecule has 0 saturated heterocycles. The van der Waals surface area contributed by atoms with Crippen molar-refractivity contribution in [1.82, 2.24) is 20.3 Å². The topological polar surface area (TPSA) is 95.1 Å². The van der Waals surface area contributed by atoms with Gasteiger partial charge in [0.1, 0.15) is 5.75 Å². The zero-order valence-electron chi connectivity index (χ0n) is 13.6. The van der Waals surface area contributed by atoms with E-state index in [9.17, 15) is 13.6 Å². The van der Waals surface area contributed by atoms with Crippen LogP contribution in [0, 0.1) is 6.92 Å². The number of carbonyl (C=O) groups is 1. The van der Waals surface area contributed by atoms with E-state index in [0.717, 1.165) is 0 Å². The van der Waals surface area contributed by atoms with Crippen molar-refractivity contribution >= 4 is 5.91 Å². The van der Waals surface area contributed by atoms with Gasteiger partial charge in [-0.25, -0.2) is 4.68 Å². The quantitative estimate of drug-likeness (QED) is 0.834. The van der Waals surface area contributed by atoms with Crippen LogP contribution in [0.25, 0.3) is 5.69 Å². The maximum atomic E-state index is 12.2. The number of aromatic nitrogens is 3. The molecule has 1 aromatic heterocycles. The Labute approximate surface area is 137 Å². The molecule has 2 aromatic rings. The highest BCUT2D eigenvalue weighted by molar-refractivity contribution is 5.93. The molecule has 0 spiro atoms. The van der Waals surface area contributed by atoms with Gasteiger partial charge in [-0.05, 0) is 45.0 Å². The van der Waals surface area contributed by atoms with Gasteiger partial charge >= 0.3 is 6.61 Å². The van der Waals surface area contributed by atoms with E-state index in [1.54, 1.807) is 32.9 Å². The van der Waals surface area contributed by atoms with Gasteiger partial charge < -0.3 is 15.8 Å². The molecule has 3 N–H and O–H groups in total. The van der Waals surface area contributed by atoms with Crippen LogP contribution in [0.4, 0.5) is 8.78 Å². The number of halogens is 2. The molecular formula is C15H19F2N5O2. The summed E-state index contributed by atoms with van der Waals surface area (Å²) in [7, 11) is 0. The number of carbonyl (C=O) groups excluding carboxylic acids is 1. The molecule has 1 amide bonds. The fourth-order valence-electron chi connectivity index (χ4n) is 1.94. The predicted molar refractivity (Wildman–Crippen MR) is 83.3 cm³/mol. The molecule has 0 atom stereocenters. The third kappa shape index (κ3) is 4.48. The molecule has 0 aliphatic heterocycles. The van der Waals surface area contributed by atoms with Gasteiger partial charge in [0.2, 0.25) is 0 Å². The molecular weight excluding hydrogens is 320 g/mol. The van der Waals surface area contributed by atoms with E-state index in [0.29, 0.717) is 11.4 Å². The Morgan fingerprint density at radius 3 is 2.54 bits per heavy atom. The molecule has 0 saturated carbocycles. The first-order chi connectivity index (χ1) is 11.2. The lowest BCUT2D eigenvalue weighted by molar-refractivity contribution is -0.0498. The summed E-state index contributed by atoms with van der Waals surface area (Å²) in [6.07, 6.45) is 0. The highest BCUT2D eigenvalue weighted by Crippen LogP contribution is 2.18. The van der Waals surface area contributed by atoms with Crippen molar-refractivity contribution in [2.24, 2.45) is 5.73 Å². The highest BCUT2D eigenvalue weighted by atomic mass is 19.3. The summed E-state index contributed by atoms with van der Waals surface area (Å²) in [6, 6.07) is 5.87. The van der Waals surface area contributed by atoms with Gasteiger partial charge in [-0.1, -0.05) is 5.21 Å². The van der Waals surface area contributed by atoms with Crippen LogP contribution in [0.5, 0.6) is 5.75 Å². The summed E-state index contributed by atoms with van der Waals surface area (Å²) in [5, 5.41) is 10.5. The number of benzene rings is 1. The molecule has 9 heteroatoms. The zero-order chi connectivity index (χ0) is 17.9. The maximum absolute atomic E-state index is 12.2. The first kappa shape index (κ1) is 17.8. The molecule has 0 radical (unpaired) electrons. The first-order valence-corrected chi connectivity index (χ1v) is 7.22. The second kappa shape index (κ2) is 6.91. The molecule has 1 aromatic carbocycles. The van der Waals surface area contributed by atoms with E-state index in [-0.39, 0.29) is 23.9 Å². The van der Waals surface area contributed by atoms with Gasteiger partial charge in [0, 0.05) is 12.1 Å². The Bertz CT molecular complexity index is 708. The predicted octanol–water partition coefficient (Wildman–Crippen LogP) is 1.64. The van der Waals surface area contributed by atoms with Gasteiger partial charge in [-0.2, -0.15) is 8.78 Å². The summed E-state index contributed by atoms with van der Waals surface area (Å²) < 4.78 is 30.0.